The molecule has 6 saturated heterocycles. The summed E-state index contributed by atoms with van der Waals surface area (Å²) in [5.74, 6) is -4.23. The number of aryl methyl sites for hydroxylation is 2. The number of hydrogen-bond donors (Lipinski definition) is 19. The Kier molecular flexibility index (Phi) is 26.2. The van der Waals surface area contributed by atoms with Crippen LogP contribution in [0.5, 0.6) is 0 Å². The van der Waals surface area contributed by atoms with Crippen LogP contribution in [0, 0.1) is 13.8 Å². The van der Waals surface area contributed by atoms with E-state index in [0.717, 1.165) is 63.7 Å². The molecule has 15 heterocycles. The highest BCUT2D eigenvalue weighted by molar-refractivity contribution is 7.53. The predicted octanol–water partition coefficient (Wildman–Crippen LogP) is -5.89. The molecule has 27 atom stereocenters. The van der Waals surface area contributed by atoms with Gasteiger partial charge in [-0.3, -0.25) is 107 Å². The summed E-state index contributed by atoms with van der Waals surface area (Å²) in [6, 6.07) is 1.05. The van der Waals surface area contributed by atoms with Gasteiger partial charge in [-0.05, 0) is 19.9 Å². The molecule has 9 aromatic rings. The van der Waals surface area contributed by atoms with Gasteiger partial charge in [0.05, 0.1) is 52.0 Å². The van der Waals surface area contributed by atoms with E-state index in [-0.39, 0.29) is 57.3 Å². The van der Waals surface area contributed by atoms with Crippen LogP contribution in [0.2, 0.25) is 0 Å². The molecule has 6 unspecified atom stereocenters. The standard InChI is InChI=1S/C59H76N22O40P6/c1-20-8-77(58(91)74-49(20)86)31-6-23(116-123(95,96)97)26(111-31)11-106-126(102,103)120-42-29(114-54(39(42)85)81-19-70-36-48(81)72-56(63)73-51(36)88)14-109-127(104,105)121-41-28(113-53(38(41)84)80-18-69-35-45(62)65-16-67-47(35)80)13-108-125(100,101)118-24-7-32(78-9-21(2)50(87)75-59(78)92)115-43(24)55(89)122(93,94)119-40-27(112-52(37(40)83)76-4-3-30(60)71-57(76)90)12-107-124(98,99)117-22-5-33(110-25(22)10-82)79-17-68-34-44(61)64-15-66-46(34)79/h3-4,8-9,15-19,22-29,31-33,37-43,52-55,82-85,89H,5-7,10-14H2,1-2H3,(H,93,94)(H,98,99)(H,100,101)(H,102,103)(H,104,105)(H2,60,71,90)(H2,61,64,66)(H2,62,65,67)(H,74,86,91)(H,75,87,92)(H2,95,96,97)(H3,63,72,73,88)/t22-,23-,24-,25+,26+,27+,28+,29+,31+,32+,33+,37+,38+,39+,40+,41+,42+,43-,52+,53+,54+,55?/m0/s1. The monoisotopic (exact) mass is 1920 g/mol. The number of imidazole rings is 3. The van der Waals surface area contributed by atoms with E-state index in [1.807, 2.05) is 9.97 Å². The molecular formula is C59H76N22O40P6. The Labute approximate surface area is 702 Å². The summed E-state index contributed by atoms with van der Waals surface area (Å²) in [5, 5.41) is 58.6. The van der Waals surface area contributed by atoms with Gasteiger partial charge in [0.25, 0.3) is 16.7 Å². The number of aromatic amines is 3. The molecule has 6 aliphatic rings. The number of nitrogens with one attached hydrogen (secondary N) is 3. The van der Waals surface area contributed by atoms with Crippen molar-refractivity contribution in [2.75, 3.05) is 56.0 Å². The second-order valence-electron chi connectivity index (χ2n) is 29.0. The normalized spacial score (nSPS) is 30.9. The molecule has 6 aliphatic heterocycles. The van der Waals surface area contributed by atoms with Crippen LogP contribution < -0.4 is 56.7 Å². The van der Waals surface area contributed by atoms with Crippen LogP contribution in [0.25, 0.3) is 33.5 Å². The quantitative estimate of drug-likeness (QED) is 0.0170. The molecular weight excluding hydrogens is 1840 g/mol. The van der Waals surface area contributed by atoms with Crippen LogP contribution in [-0.4, -0.2) is 277 Å². The third kappa shape index (κ3) is 19.7. The molecule has 0 saturated carbocycles. The fourth-order valence-corrected chi connectivity index (χ4v) is 20.4. The zero-order valence-corrected chi connectivity index (χ0v) is 69.9. The minimum absolute atomic E-state index is 0.00705. The number of aliphatic hydroxyl groups excluding tert-OH is 5. The number of H-pyrrole nitrogens is 3. The Hall–Kier alpha value is -8.85. The summed E-state index contributed by atoms with van der Waals surface area (Å²) in [6.07, 6.45) is -35.8. The van der Waals surface area contributed by atoms with Crippen LogP contribution in [0.1, 0.15) is 67.8 Å². The number of fused-ring (bicyclic) bond motifs is 3. The smallest absolute Gasteiger partial charge is 0.394 e. The van der Waals surface area contributed by atoms with Crippen molar-refractivity contribution >= 4 is 104 Å². The highest BCUT2D eigenvalue weighted by atomic mass is 31.2. The SMILES string of the molecule is Cc1cn([C@H]2C[C@H](OP(=O)(O)OC[C@H]3O[C@@H](n4cnc5c(N)ncnc54)[C@H](O)[C@@H]3OP(=O)(O)OC[C@H]3O[C@@H](n4cnc5c(=O)[nH]c(N)nc54)[C@H](O)[C@@H]3OP(=O)(O)OC[C@H]3O[C@@H](n4cc(C)c(=O)[nH]c4=O)C[C@@H]3OP(=O)(O)O)[C@@H](C(O)P(=O)(O)O[C@H]3[C@@H](O)[C@H](n4ccc(N)nc4=O)O[C@@H]3COP(=O)(O)O[C@H]3C[C@H](n4cnc5c(N)ncnc54)O[C@@H]3CO)O2)c(=O)[nH]c1=O. The number of ether oxygens (including phenoxy) is 6. The number of anilines is 4. The van der Waals surface area contributed by atoms with E-state index < -0.39 is 278 Å². The number of nitrogen functional groups attached to an aromatic ring is 4. The second kappa shape index (κ2) is 35.8. The van der Waals surface area contributed by atoms with Gasteiger partial charge in [-0.1, -0.05) is 0 Å². The molecule has 62 nitrogen and oxygen atoms in total. The van der Waals surface area contributed by atoms with Gasteiger partial charge in [-0.2, -0.15) is 9.97 Å². The number of aromatic nitrogens is 18. The molecule has 68 heteroatoms. The number of rotatable bonds is 33. The third-order valence-corrected chi connectivity index (χ3v) is 26.6. The summed E-state index contributed by atoms with van der Waals surface area (Å²) in [7, 11) is -34.9. The molecule has 127 heavy (non-hydrogen) atoms. The second-order valence-corrected chi connectivity index (χ2v) is 37.7. The van der Waals surface area contributed by atoms with Gasteiger partial charge in [0, 0.05) is 49.0 Å². The number of nitrogens with two attached hydrogens (primary N) is 4. The number of phosphoric ester groups is 5. The highest BCUT2D eigenvalue weighted by Gasteiger charge is 2.59. The van der Waals surface area contributed by atoms with Gasteiger partial charge in [0.2, 0.25) is 5.95 Å². The summed E-state index contributed by atoms with van der Waals surface area (Å²) >= 11 is 0. The highest BCUT2D eigenvalue weighted by Crippen LogP contribution is 2.59. The van der Waals surface area contributed by atoms with Crippen molar-refractivity contribution < 1.29 is 161 Å². The Morgan fingerprint density at radius 2 is 0.882 bits per heavy atom. The Bertz CT molecular complexity index is 6370. The predicted molar refractivity (Wildman–Crippen MR) is 410 cm³/mol. The van der Waals surface area contributed by atoms with Gasteiger partial charge < -0.3 is 111 Å². The Balaban J connectivity index is 0.672. The van der Waals surface area contributed by atoms with Crippen molar-refractivity contribution in [3.63, 3.8) is 0 Å². The summed E-state index contributed by atoms with van der Waals surface area (Å²) < 4.78 is 179. The fourth-order valence-electron chi connectivity index (χ4n) is 14.6. The van der Waals surface area contributed by atoms with Crippen molar-refractivity contribution in [1.82, 2.24) is 87.2 Å². The lowest BCUT2D eigenvalue weighted by Gasteiger charge is -2.30. The van der Waals surface area contributed by atoms with Crippen molar-refractivity contribution in [3.8, 4) is 0 Å². The van der Waals surface area contributed by atoms with Crippen LogP contribution in [0.4, 0.5) is 23.4 Å². The van der Waals surface area contributed by atoms with Crippen molar-refractivity contribution in [2.24, 2.45) is 0 Å². The maximum atomic E-state index is 14.9. The number of hydrogen-bond acceptors (Lipinski definition) is 46. The average Bonchev–Trinajstić information content (AvgIpc) is 1.57. The summed E-state index contributed by atoms with van der Waals surface area (Å²) in [4.78, 5) is 197. The maximum absolute atomic E-state index is 14.9. The molecule has 23 N–H and O–H groups in total. The number of phosphoric acid groups is 5. The lowest BCUT2D eigenvalue weighted by Crippen LogP contribution is -2.41. The zero-order valence-electron chi connectivity index (χ0n) is 64.6. The number of nitrogens with zero attached hydrogens (tertiary/aromatic N) is 15. The van der Waals surface area contributed by atoms with E-state index >= 15 is 0 Å². The Morgan fingerprint density at radius 3 is 1.39 bits per heavy atom. The van der Waals surface area contributed by atoms with Gasteiger partial charge in [-0.25, -0.2) is 72.1 Å². The van der Waals surface area contributed by atoms with Crippen molar-refractivity contribution in [2.45, 2.75) is 168 Å². The van der Waals surface area contributed by atoms with Gasteiger partial charge in [0.1, 0.15) is 140 Å². The van der Waals surface area contributed by atoms with Crippen LogP contribution >= 0.6 is 46.7 Å². The van der Waals surface area contributed by atoms with E-state index in [0.29, 0.717) is 9.13 Å². The first kappa shape index (κ1) is 92.9. The van der Waals surface area contributed by atoms with Crippen LogP contribution in [-0.2, 0) is 101 Å². The Morgan fingerprint density at radius 1 is 0.465 bits per heavy atom. The van der Waals surface area contributed by atoms with Crippen molar-refractivity contribution in [1.29, 1.82) is 0 Å². The van der Waals surface area contributed by atoms with E-state index in [1.165, 1.54) is 24.7 Å². The number of aliphatic hydroxyl groups is 5. The van der Waals surface area contributed by atoms with Gasteiger partial charge >= 0.3 is 63.8 Å². The van der Waals surface area contributed by atoms with E-state index in [4.69, 9.17) is 96.6 Å². The molecule has 0 amide bonds. The first-order valence-electron chi connectivity index (χ1n) is 36.9. The minimum Gasteiger partial charge on any atom is -0.394 e. The first-order valence-corrected chi connectivity index (χ1v) is 46.1. The molecule has 6 fully saturated rings. The largest absolute Gasteiger partial charge is 0.472 e. The van der Waals surface area contributed by atoms with Gasteiger partial charge in [0.15, 0.2) is 58.6 Å². The minimum atomic E-state index is -6.13. The lowest BCUT2D eigenvalue weighted by atomic mass is 10.1. The third-order valence-electron chi connectivity index (χ3n) is 20.5. The topological polar surface area (TPSA) is 892 Å². The molecule has 0 aliphatic carbocycles. The molecule has 0 aromatic carbocycles. The fraction of sp³-hybridized carbons (Fsp3) is 0.542. The van der Waals surface area contributed by atoms with Crippen LogP contribution in [0.15, 0.2) is 85.1 Å². The van der Waals surface area contributed by atoms with Crippen LogP contribution in [0.3, 0.4) is 0 Å². The summed E-state index contributed by atoms with van der Waals surface area (Å²) in [6.45, 7) is -3.63. The van der Waals surface area contributed by atoms with Crippen molar-refractivity contribution in [3.05, 3.63) is 130 Å². The van der Waals surface area contributed by atoms with Gasteiger partial charge in [-0.15, -0.1) is 0 Å². The molecule has 0 bridgehead atoms. The zero-order chi connectivity index (χ0) is 91.4. The maximum Gasteiger partial charge on any atom is 0.472 e. The van der Waals surface area contributed by atoms with E-state index in [2.05, 4.69) is 49.8 Å². The summed E-state index contributed by atoms with van der Waals surface area (Å²) in [5.41, 5.74) is 16.2. The molecule has 0 radical (unpaired) electrons. The molecule has 0 spiro atoms. The molecule has 9 aromatic heterocycles. The molecule has 692 valence electrons. The average molecular weight is 1920 g/mol. The lowest BCUT2D eigenvalue weighted by molar-refractivity contribution is -0.0751. The molecule has 15 rings (SSSR count). The first-order chi connectivity index (χ1) is 59.7. The van der Waals surface area contributed by atoms with E-state index in [1.54, 1.807) is 0 Å². The van der Waals surface area contributed by atoms with E-state index in [9.17, 15) is 116 Å².